The molecule has 102 valence electrons. The Morgan fingerprint density at radius 1 is 1.39 bits per heavy atom. The maximum absolute atomic E-state index is 11.4. The van der Waals surface area contributed by atoms with E-state index in [1.54, 1.807) is 33.8 Å². The zero-order chi connectivity index (χ0) is 14.2. The van der Waals surface area contributed by atoms with Crippen LogP contribution in [0.2, 0.25) is 0 Å². The molecule has 0 aromatic heterocycles. The molecular weight excluding hydrogens is 236 g/mol. The van der Waals surface area contributed by atoms with Crippen molar-refractivity contribution in [1.82, 2.24) is 5.32 Å². The van der Waals surface area contributed by atoms with Crippen molar-refractivity contribution in [2.24, 2.45) is 0 Å². The van der Waals surface area contributed by atoms with Crippen LogP contribution in [0.15, 0.2) is 0 Å². The summed E-state index contributed by atoms with van der Waals surface area (Å²) in [7, 11) is 0. The molecule has 0 aliphatic rings. The van der Waals surface area contributed by atoms with Crippen LogP contribution in [0.1, 0.15) is 34.1 Å². The molecule has 18 heavy (non-hydrogen) atoms. The molecule has 1 atom stereocenters. The first kappa shape index (κ1) is 16.4. The molecule has 0 fully saturated rings. The third kappa shape index (κ3) is 7.63. The minimum Gasteiger partial charge on any atom is -0.464 e. The van der Waals surface area contributed by atoms with E-state index in [4.69, 9.17) is 14.7 Å². The molecular formula is C12H20N2O4. The van der Waals surface area contributed by atoms with Crippen LogP contribution >= 0.6 is 0 Å². The van der Waals surface area contributed by atoms with Gasteiger partial charge in [-0.3, -0.25) is 10.1 Å². The van der Waals surface area contributed by atoms with Crippen LogP contribution in [0.3, 0.4) is 0 Å². The van der Waals surface area contributed by atoms with Crippen LogP contribution in [0, 0.1) is 11.3 Å². The molecule has 0 spiro atoms. The van der Waals surface area contributed by atoms with E-state index in [-0.39, 0.29) is 25.5 Å². The molecule has 0 heterocycles. The first-order chi connectivity index (χ1) is 8.30. The van der Waals surface area contributed by atoms with E-state index in [1.807, 2.05) is 0 Å². The average Bonchev–Trinajstić information content (AvgIpc) is 2.22. The number of rotatable bonds is 6. The smallest absolute Gasteiger partial charge is 0.337 e. The van der Waals surface area contributed by atoms with Gasteiger partial charge in [-0.25, -0.2) is 4.79 Å². The van der Waals surface area contributed by atoms with E-state index < -0.39 is 17.6 Å². The van der Waals surface area contributed by atoms with Gasteiger partial charge in [-0.1, -0.05) is 0 Å². The number of hydrogen-bond acceptors (Lipinski definition) is 6. The summed E-state index contributed by atoms with van der Waals surface area (Å²) in [6, 6.07) is 0.722. The van der Waals surface area contributed by atoms with Gasteiger partial charge >= 0.3 is 11.9 Å². The Hall–Kier alpha value is -1.61. The van der Waals surface area contributed by atoms with Crippen LogP contribution in [0.4, 0.5) is 0 Å². The summed E-state index contributed by atoms with van der Waals surface area (Å²) >= 11 is 0. The predicted octanol–water partition coefficient (Wildman–Crippen LogP) is 0.763. The number of carbonyl (C=O) groups excluding carboxylic acids is 2. The minimum absolute atomic E-state index is 0.0921. The van der Waals surface area contributed by atoms with Gasteiger partial charge in [0.15, 0.2) is 6.04 Å². The highest BCUT2D eigenvalue weighted by Crippen LogP contribution is 2.07. The molecule has 0 radical (unpaired) electrons. The van der Waals surface area contributed by atoms with Gasteiger partial charge in [0.2, 0.25) is 0 Å². The third-order valence-corrected chi connectivity index (χ3v) is 1.75. The molecule has 0 aromatic carbocycles. The van der Waals surface area contributed by atoms with Gasteiger partial charge in [0.1, 0.15) is 5.60 Å². The maximum atomic E-state index is 11.4. The second kappa shape index (κ2) is 7.67. The van der Waals surface area contributed by atoms with Gasteiger partial charge in [0.25, 0.3) is 0 Å². The number of nitrogens with zero attached hydrogens (tertiary/aromatic N) is 1. The molecule has 6 heteroatoms. The topological polar surface area (TPSA) is 88.4 Å². The number of esters is 2. The summed E-state index contributed by atoms with van der Waals surface area (Å²) in [4.78, 5) is 22.6. The van der Waals surface area contributed by atoms with Crippen LogP contribution in [0.25, 0.3) is 0 Å². The van der Waals surface area contributed by atoms with Crippen molar-refractivity contribution >= 4 is 11.9 Å². The van der Waals surface area contributed by atoms with E-state index in [2.05, 4.69) is 5.32 Å². The number of ether oxygens (including phenoxy) is 2. The van der Waals surface area contributed by atoms with E-state index in [0.29, 0.717) is 0 Å². The number of nitriles is 1. The molecule has 0 saturated carbocycles. The lowest BCUT2D eigenvalue weighted by molar-refractivity contribution is -0.155. The Bertz CT molecular complexity index is 328. The molecule has 0 aromatic rings. The lowest BCUT2D eigenvalue weighted by Crippen LogP contribution is -2.38. The van der Waals surface area contributed by atoms with Gasteiger partial charge in [-0.2, -0.15) is 5.26 Å². The molecule has 0 bridgehead atoms. The fourth-order valence-corrected chi connectivity index (χ4v) is 1.12. The Morgan fingerprint density at radius 3 is 2.44 bits per heavy atom. The van der Waals surface area contributed by atoms with Gasteiger partial charge in [-0.15, -0.1) is 0 Å². The normalized spacial score (nSPS) is 12.4. The first-order valence-corrected chi connectivity index (χ1v) is 5.81. The Morgan fingerprint density at radius 2 is 2.00 bits per heavy atom. The van der Waals surface area contributed by atoms with Crippen molar-refractivity contribution in [2.45, 2.75) is 45.8 Å². The average molecular weight is 256 g/mol. The number of carbonyl (C=O) groups is 2. The summed E-state index contributed by atoms with van der Waals surface area (Å²) in [5, 5.41) is 11.4. The fraction of sp³-hybridized carbons (Fsp3) is 0.750. The summed E-state index contributed by atoms with van der Waals surface area (Å²) < 4.78 is 9.78. The lowest BCUT2D eigenvalue weighted by Gasteiger charge is -2.19. The van der Waals surface area contributed by atoms with Crippen LogP contribution in [-0.4, -0.2) is 36.7 Å². The van der Waals surface area contributed by atoms with Crippen molar-refractivity contribution < 1.29 is 19.1 Å². The van der Waals surface area contributed by atoms with Crippen LogP contribution in [-0.2, 0) is 19.1 Å². The third-order valence-electron chi connectivity index (χ3n) is 1.75. The minimum atomic E-state index is -1.05. The first-order valence-electron chi connectivity index (χ1n) is 5.81. The second-order valence-electron chi connectivity index (χ2n) is 4.60. The zero-order valence-electron chi connectivity index (χ0n) is 11.3. The SMILES string of the molecule is CCOC(=O)C(C#N)NCCC(=O)OC(C)(C)C. The molecule has 6 nitrogen and oxygen atoms in total. The summed E-state index contributed by atoms with van der Waals surface area (Å²) in [6.07, 6.45) is 0.0921. The van der Waals surface area contributed by atoms with Gasteiger partial charge in [0.05, 0.1) is 19.1 Å². The zero-order valence-corrected chi connectivity index (χ0v) is 11.3. The standard InChI is InChI=1S/C12H20N2O4/c1-5-17-11(16)9(8-13)14-7-6-10(15)18-12(2,3)4/h9,14H,5-7H2,1-4H3. The number of nitrogens with one attached hydrogen (secondary N) is 1. The van der Waals surface area contributed by atoms with Crippen molar-refractivity contribution in [3.63, 3.8) is 0 Å². The maximum Gasteiger partial charge on any atom is 0.337 e. The molecule has 0 rings (SSSR count). The van der Waals surface area contributed by atoms with Gasteiger partial charge in [0, 0.05) is 6.54 Å². The van der Waals surface area contributed by atoms with Gasteiger partial charge < -0.3 is 9.47 Å². The highest BCUT2D eigenvalue weighted by atomic mass is 16.6. The summed E-state index contributed by atoms with van der Waals surface area (Å²) in [5.41, 5.74) is -0.535. The van der Waals surface area contributed by atoms with Crippen molar-refractivity contribution in [3.05, 3.63) is 0 Å². The molecule has 1 unspecified atom stereocenters. The van der Waals surface area contributed by atoms with E-state index in [1.165, 1.54) is 0 Å². The summed E-state index contributed by atoms with van der Waals surface area (Å²) in [5.74, 6) is -1.01. The van der Waals surface area contributed by atoms with Crippen molar-refractivity contribution in [1.29, 1.82) is 5.26 Å². The van der Waals surface area contributed by atoms with Crippen molar-refractivity contribution in [2.75, 3.05) is 13.2 Å². The van der Waals surface area contributed by atoms with E-state index in [0.717, 1.165) is 0 Å². The molecule has 0 amide bonds. The quantitative estimate of drug-likeness (QED) is 0.706. The van der Waals surface area contributed by atoms with Crippen molar-refractivity contribution in [3.8, 4) is 6.07 Å². The second-order valence-corrected chi connectivity index (χ2v) is 4.60. The molecule has 0 aliphatic heterocycles. The van der Waals surface area contributed by atoms with Gasteiger partial charge in [-0.05, 0) is 27.7 Å². The lowest BCUT2D eigenvalue weighted by atomic mass is 10.2. The van der Waals surface area contributed by atoms with E-state index >= 15 is 0 Å². The van der Waals surface area contributed by atoms with Crippen LogP contribution < -0.4 is 5.32 Å². The fourth-order valence-electron chi connectivity index (χ4n) is 1.12. The molecule has 0 saturated heterocycles. The summed E-state index contributed by atoms with van der Waals surface area (Å²) in [6.45, 7) is 7.38. The molecule has 1 N–H and O–H groups in total. The predicted molar refractivity (Wildman–Crippen MR) is 64.5 cm³/mol. The Balaban J connectivity index is 3.99. The highest BCUT2D eigenvalue weighted by molar-refractivity contribution is 5.79. The Labute approximate surface area is 107 Å². The monoisotopic (exact) mass is 256 g/mol. The largest absolute Gasteiger partial charge is 0.464 e. The number of hydrogen-bond donors (Lipinski definition) is 1. The Kier molecular flexibility index (Phi) is 6.98. The van der Waals surface area contributed by atoms with E-state index in [9.17, 15) is 9.59 Å². The molecule has 0 aliphatic carbocycles. The van der Waals surface area contributed by atoms with Crippen LogP contribution in [0.5, 0.6) is 0 Å². The highest BCUT2D eigenvalue weighted by Gasteiger charge is 2.20.